The first-order valence-corrected chi connectivity index (χ1v) is 13.2. The van der Waals surface area contributed by atoms with Crippen molar-refractivity contribution in [2.45, 2.75) is 58.3 Å². The molecule has 1 amide bonds. The number of hydrogen-bond acceptors (Lipinski definition) is 12. The zero-order valence-corrected chi connectivity index (χ0v) is 23.9. The van der Waals surface area contributed by atoms with Gasteiger partial charge in [0.25, 0.3) is 5.91 Å². The molecule has 11 nitrogen and oxygen atoms in total. The summed E-state index contributed by atoms with van der Waals surface area (Å²) in [6, 6.07) is 7.22. The summed E-state index contributed by atoms with van der Waals surface area (Å²) >= 11 is 9.83. The molecule has 204 valence electrons. The van der Waals surface area contributed by atoms with Gasteiger partial charge in [0.1, 0.15) is 12.7 Å². The van der Waals surface area contributed by atoms with Crippen LogP contribution in [0.4, 0.5) is 0 Å². The van der Waals surface area contributed by atoms with Crippen molar-refractivity contribution in [2.75, 3.05) is 6.61 Å². The Morgan fingerprint density at radius 2 is 1.50 bits per heavy atom. The highest BCUT2D eigenvalue weighted by molar-refractivity contribution is 9.10. The summed E-state index contributed by atoms with van der Waals surface area (Å²) in [5.74, 6) is -3.52. The van der Waals surface area contributed by atoms with Crippen molar-refractivity contribution in [1.29, 1.82) is 0 Å². The minimum atomic E-state index is -1.44. The normalized spacial score (nSPS) is 26.2. The maximum absolute atomic E-state index is 13.5. The summed E-state index contributed by atoms with van der Waals surface area (Å²) in [4.78, 5) is 62.4. The standard InChI is InChI=1S/C24H24BrNO10S2/c1-11(27)32-10-17-19(33-12(2)28)20(34-13(3)29)21(35-14(4)30)23(36-17)26-22(31)18(38-24(26)37)9-15-5-7-16(25)8-6-15/h5-9,17,19-21,23H,10H2,1-4H3/b18-9-/t17-,19+,20-,21-,23+/m0/s1. The number of thioether (sulfide) groups is 1. The van der Waals surface area contributed by atoms with Crippen LogP contribution in [0.2, 0.25) is 0 Å². The Morgan fingerprint density at radius 1 is 0.947 bits per heavy atom. The lowest BCUT2D eigenvalue weighted by Crippen LogP contribution is -2.66. The van der Waals surface area contributed by atoms with E-state index < -0.39 is 67.0 Å². The zero-order valence-electron chi connectivity index (χ0n) is 20.7. The predicted octanol–water partition coefficient (Wildman–Crippen LogP) is 2.73. The highest BCUT2D eigenvalue weighted by atomic mass is 79.9. The quantitative estimate of drug-likeness (QED) is 0.190. The van der Waals surface area contributed by atoms with Gasteiger partial charge in [0.05, 0.1) is 4.91 Å². The highest BCUT2D eigenvalue weighted by Gasteiger charge is 2.56. The molecular formula is C24H24BrNO10S2. The number of hydrogen-bond donors (Lipinski definition) is 0. The smallest absolute Gasteiger partial charge is 0.303 e. The number of halogens is 1. The van der Waals surface area contributed by atoms with Crippen LogP contribution in [0.5, 0.6) is 0 Å². The van der Waals surface area contributed by atoms with Crippen molar-refractivity contribution in [1.82, 2.24) is 4.90 Å². The van der Waals surface area contributed by atoms with Crippen molar-refractivity contribution in [2.24, 2.45) is 0 Å². The van der Waals surface area contributed by atoms with Crippen LogP contribution in [0.3, 0.4) is 0 Å². The van der Waals surface area contributed by atoms with Crippen molar-refractivity contribution < 1.29 is 47.7 Å². The molecule has 0 aromatic heterocycles. The number of rotatable bonds is 7. The molecule has 0 radical (unpaired) electrons. The first-order valence-electron chi connectivity index (χ1n) is 11.2. The summed E-state index contributed by atoms with van der Waals surface area (Å²) in [5, 5.41) is 0. The molecule has 0 bridgehead atoms. The maximum Gasteiger partial charge on any atom is 0.303 e. The van der Waals surface area contributed by atoms with Gasteiger partial charge in [-0.2, -0.15) is 0 Å². The summed E-state index contributed by atoms with van der Waals surface area (Å²) in [6.07, 6.45) is -5.17. The van der Waals surface area contributed by atoms with Gasteiger partial charge in [-0.15, -0.1) is 0 Å². The minimum Gasteiger partial charge on any atom is -0.463 e. The van der Waals surface area contributed by atoms with E-state index in [0.717, 1.165) is 47.5 Å². The number of amides is 1. The molecule has 2 aliphatic heterocycles. The third kappa shape index (κ3) is 7.40. The molecule has 0 N–H and O–H groups in total. The van der Waals surface area contributed by atoms with E-state index in [1.54, 1.807) is 18.2 Å². The second kappa shape index (κ2) is 12.8. The van der Waals surface area contributed by atoms with E-state index in [1.165, 1.54) is 6.92 Å². The molecule has 2 saturated heterocycles. The van der Waals surface area contributed by atoms with Crippen LogP contribution in [-0.4, -0.2) is 76.3 Å². The van der Waals surface area contributed by atoms with Crippen molar-refractivity contribution in [3.8, 4) is 0 Å². The number of carbonyl (C=O) groups excluding carboxylic acids is 5. The van der Waals surface area contributed by atoms with E-state index in [9.17, 15) is 24.0 Å². The van der Waals surface area contributed by atoms with Crippen LogP contribution >= 0.6 is 39.9 Å². The molecule has 0 spiro atoms. The molecule has 0 aliphatic carbocycles. The van der Waals surface area contributed by atoms with Crippen LogP contribution in [0.15, 0.2) is 33.6 Å². The third-order valence-corrected chi connectivity index (χ3v) is 7.07. The SMILES string of the molecule is CC(=O)OC[C@@H]1O[C@@H](N2C(=O)/C(=C/c3ccc(Br)cc3)SC2=S)[C@@H](OC(C)=O)[C@@H](OC(C)=O)[C@@H]1OC(C)=O. The Balaban J connectivity index is 2.04. The Morgan fingerprint density at radius 3 is 2.05 bits per heavy atom. The fraction of sp³-hybridized carbons (Fsp3) is 0.417. The van der Waals surface area contributed by atoms with Crippen molar-refractivity contribution >= 4 is 80.1 Å². The number of carbonyl (C=O) groups is 5. The zero-order chi connectivity index (χ0) is 28.1. The Kier molecular flexibility index (Phi) is 10.0. The lowest BCUT2D eigenvalue weighted by molar-refractivity contribution is -0.268. The molecular weight excluding hydrogens is 606 g/mol. The van der Waals surface area contributed by atoms with E-state index in [1.807, 2.05) is 12.1 Å². The average molecular weight is 630 g/mol. The fourth-order valence-corrected chi connectivity index (χ4v) is 5.40. The fourth-order valence-electron chi connectivity index (χ4n) is 3.82. The number of benzene rings is 1. The van der Waals surface area contributed by atoms with Gasteiger partial charge in [-0.25, -0.2) is 0 Å². The second-order valence-electron chi connectivity index (χ2n) is 8.19. The molecule has 0 saturated carbocycles. The van der Waals surface area contributed by atoms with Gasteiger partial charge in [0.15, 0.2) is 28.9 Å². The van der Waals surface area contributed by atoms with Crippen molar-refractivity contribution in [3.05, 3.63) is 39.2 Å². The van der Waals surface area contributed by atoms with Gasteiger partial charge in [0.2, 0.25) is 0 Å². The van der Waals surface area contributed by atoms with Crippen LogP contribution in [-0.2, 0) is 47.7 Å². The van der Waals surface area contributed by atoms with Gasteiger partial charge >= 0.3 is 23.9 Å². The van der Waals surface area contributed by atoms with Crippen LogP contribution in [0.25, 0.3) is 6.08 Å². The number of ether oxygens (including phenoxy) is 5. The molecule has 0 unspecified atom stereocenters. The maximum atomic E-state index is 13.5. The van der Waals surface area contributed by atoms with Crippen LogP contribution < -0.4 is 0 Å². The molecule has 1 aromatic carbocycles. The first-order chi connectivity index (χ1) is 17.9. The number of nitrogens with zero attached hydrogens (tertiary/aromatic N) is 1. The average Bonchev–Trinajstić information content (AvgIpc) is 3.08. The molecule has 2 heterocycles. The Hall–Kier alpha value is -2.81. The van der Waals surface area contributed by atoms with E-state index >= 15 is 0 Å². The van der Waals surface area contributed by atoms with Gasteiger partial charge in [-0.1, -0.05) is 52.0 Å². The third-order valence-electron chi connectivity index (χ3n) is 5.21. The van der Waals surface area contributed by atoms with E-state index in [4.69, 9.17) is 35.9 Å². The Labute approximate surface area is 236 Å². The summed E-state index contributed by atoms with van der Waals surface area (Å²) in [5.41, 5.74) is 0.732. The van der Waals surface area contributed by atoms with Gasteiger partial charge in [-0.05, 0) is 23.8 Å². The number of esters is 4. The van der Waals surface area contributed by atoms with E-state index in [-0.39, 0.29) is 9.23 Å². The monoisotopic (exact) mass is 629 g/mol. The van der Waals surface area contributed by atoms with Gasteiger partial charge in [0, 0.05) is 32.2 Å². The van der Waals surface area contributed by atoms with Gasteiger partial charge in [-0.3, -0.25) is 28.9 Å². The van der Waals surface area contributed by atoms with E-state index in [2.05, 4.69) is 15.9 Å². The molecule has 2 aliphatic rings. The molecule has 38 heavy (non-hydrogen) atoms. The second-order valence-corrected chi connectivity index (χ2v) is 10.8. The largest absolute Gasteiger partial charge is 0.463 e. The molecule has 3 rings (SSSR count). The van der Waals surface area contributed by atoms with Crippen molar-refractivity contribution in [3.63, 3.8) is 0 Å². The lowest BCUT2D eigenvalue weighted by atomic mass is 9.96. The molecule has 5 atom stereocenters. The minimum absolute atomic E-state index is 0.0826. The van der Waals surface area contributed by atoms with Crippen LogP contribution in [0, 0.1) is 0 Å². The lowest BCUT2D eigenvalue weighted by Gasteiger charge is -2.46. The molecule has 14 heteroatoms. The molecule has 2 fully saturated rings. The van der Waals surface area contributed by atoms with Crippen LogP contribution in [0.1, 0.15) is 33.3 Å². The topological polar surface area (TPSA) is 135 Å². The van der Waals surface area contributed by atoms with Gasteiger partial charge < -0.3 is 23.7 Å². The van der Waals surface area contributed by atoms with E-state index in [0.29, 0.717) is 0 Å². The molecule has 1 aromatic rings. The highest BCUT2D eigenvalue weighted by Crippen LogP contribution is 2.39. The number of thiocarbonyl (C=S) groups is 1. The predicted molar refractivity (Wildman–Crippen MR) is 141 cm³/mol. The summed E-state index contributed by atoms with van der Waals surface area (Å²) in [7, 11) is 0. The Bertz CT molecular complexity index is 1170. The summed E-state index contributed by atoms with van der Waals surface area (Å²) in [6.45, 7) is 4.10. The first kappa shape index (κ1) is 29.7. The summed E-state index contributed by atoms with van der Waals surface area (Å²) < 4.78 is 28.3.